The normalized spacial score (nSPS) is 13.7. The Hall–Kier alpha value is -1.44. The molecule has 276 valence electrons. The fourth-order valence-electron chi connectivity index (χ4n) is 5.83. The van der Waals surface area contributed by atoms with E-state index in [-0.39, 0.29) is 12.3 Å². The molecule has 0 saturated heterocycles. The molecule has 0 aromatic rings. The maximum atomic E-state index is 12.5. The molecule has 0 spiro atoms. The summed E-state index contributed by atoms with van der Waals surface area (Å²) >= 11 is 0. The fourth-order valence-corrected chi connectivity index (χ4v) is 6.57. The average molecular weight is 682 g/mol. The van der Waals surface area contributed by atoms with Gasteiger partial charge >= 0.3 is 0 Å². The summed E-state index contributed by atoms with van der Waals surface area (Å²) in [6.07, 6.45) is 44.1. The van der Waals surface area contributed by atoms with Crippen molar-refractivity contribution in [1.29, 1.82) is 0 Å². The lowest BCUT2D eigenvalue weighted by Crippen LogP contribution is -2.46. The quantitative estimate of drug-likeness (QED) is 0.0351. The molecule has 0 aromatic heterocycles. The monoisotopic (exact) mass is 682 g/mol. The van der Waals surface area contributed by atoms with Crippen molar-refractivity contribution in [2.24, 2.45) is 0 Å². The molecule has 0 aliphatic rings. The van der Waals surface area contributed by atoms with E-state index in [0.717, 1.165) is 38.5 Å². The Morgan fingerprint density at radius 3 is 1.34 bits per heavy atom. The minimum atomic E-state index is -4.35. The van der Waals surface area contributed by atoms with Crippen molar-refractivity contribution in [3.63, 3.8) is 0 Å². The van der Waals surface area contributed by atoms with Crippen LogP contribution in [0.1, 0.15) is 194 Å². The maximum absolute atomic E-state index is 12.5. The first kappa shape index (κ1) is 45.6. The molecule has 7 heteroatoms. The number of amides is 1. The van der Waals surface area contributed by atoms with Gasteiger partial charge in [-0.05, 0) is 44.9 Å². The second-order valence-electron chi connectivity index (χ2n) is 13.5. The summed E-state index contributed by atoms with van der Waals surface area (Å²) in [6.45, 7) is 4.51. The maximum Gasteiger partial charge on any atom is 0.267 e. The molecule has 2 atom stereocenters. The molecule has 1 amide bonds. The van der Waals surface area contributed by atoms with Crippen LogP contribution in [0.5, 0.6) is 0 Å². The summed E-state index contributed by atoms with van der Waals surface area (Å²) in [7, 11) is -4.35. The van der Waals surface area contributed by atoms with Crippen molar-refractivity contribution in [1.82, 2.24) is 5.32 Å². The predicted octanol–water partition coefficient (Wildman–Crippen LogP) is 11.4. The van der Waals surface area contributed by atoms with Gasteiger partial charge < -0.3 is 10.4 Å². The number of rotatable bonds is 35. The van der Waals surface area contributed by atoms with Crippen LogP contribution in [0.25, 0.3) is 0 Å². The average Bonchev–Trinajstić information content (AvgIpc) is 3.03. The highest BCUT2D eigenvalue weighted by Gasteiger charge is 2.24. The SMILES string of the molecule is CCCCCCCCCC/C=C/CC/C=C/CC/C=C/C(O)C(CS(=O)(=O)O)NC(=O)CCCCCCCCCCCCCCCC. The van der Waals surface area contributed by atoms with Gasteiger partial charge in [-0.25, -0.2) is 0 Å². The van der Waals surface area contributed by atoms with Gasteiger partial charge in [0.2, 0.25) is 5.91 Å². The lowest BCUT2D eigenvalue weighted by molar-refractivity contribution is -0.122. The summed E-state index contributed by atoms with van der Waals surface area (Å²) < 4.78 is 32.4. The van der Waals surface area contributed by atoms with E-state index in [1.807, 2.05) is 0 Å². The van der Waals surface area contributed by atoms with Crippen LogP contribution in [0.3, 0.4) is 0 Å². The highest BCUT2D eigenvalue weighted by Crippen LogP contribution is 2.14. The number of carbonyl (C=O) groups is 1. The van der Waals surface area contributed by atoms with Gasteiger partial charge in [0.1, 0.15) is 0 Å². The first-order chi connectivity index (χ1) is 22.8. The van der Waals surface area contributed by atoms with Gasteiger partial charge in [-0.15, -0.1) is 0 Å². The Kier molecular flexibility index (Phi) is 33.4. The van der Waals surface area contributed by atoms with E-state index in [9.17, 15) is 22.9 Å². The Labute approximate surface area is 291 Å². The van der Waals surface area contributed by atoms with Crippen LogP contribution in [0.15, 0.2) is 36.5 Å². The third-order valence-corrected chi connectivity index (χ3v) is 9.58. The van der Waals surface area contributed by atoms with E-state index in [4.69, 9.17) is 0 Å². The molecule has 0 aliphatic heterocycles. The molecule has 6 nitrogen and oxygen atoms in total. The van der Waals surface area contributed by atoms with Crippen LogP contribution in [-0.4, -0.2) is 41.9 Å². The van der Waals surface area contributed by atoms with Crippen LogP contribution >= 0.6 is 0 Å². The first-order valence-electron chi connectivity index (χ1n) is 19.7. The highest BCUT2D eigenvalue weighted by molar-refractivity contribution is 7.85. The van der Waals surface area contributed by atoms with Gasteiger partial charge in [0.15, 0.2) is 0 Å². The van der Waals surface area contributed by atoms with Crippen molar-refractivity contribution in [2.45, 2.75) is 206 Å². The number of hydrogen-bond acceptors (Lipinski definition) is 4. The molecule has 0 heterocycles. The number of nitrogens with one attached hydrogen (secondary N) is 1. The fraction of sp³-hybridized carbons (Fsp3) is 0.825. The van der Waals surface area contributed by atoms with Crippen molar-refractivity contribution in [2.75, 3.05) is 5.75 Å². The smallest absolute Gasteiger partial charge is 0.267 e. The summed E-state index contributed by atoms with van der Waals surface area (Å²) in [5.41, 5.74) is 0. The number of aliphatic hydroxyl groups excluding tert-OH is 1. The topological polar surface area (TPSA) is 104 Å². The summed E-state index contributed by atoms with van der Waals surface area (Å²) in [4.78, 5) is 12.5. The lowest BCUT2D eigenvalue weighted by Gasteiger charge is -2.21. The van der Waals surface area contributed by atoms with E-state index in [1.165, 1.54) is 134 Å². The van der Waals surface area contributed by atoms with Gasteiger partial charge in [0.25, 0.3) is 10.1 Å². The molecule has 47 heavy (non-hydrogen) atoms. The Bertz CT molecular complexity index is 883. The van der Waals surface area contributed by atoms with Crippen LogP contribution < -0.4 is 5.32 Å². The molecule has 0 fully saturated rings. The molecule has 0 rings (SSSR count). The van der Waals surface area contributed by atoms with Crippen LogP contribution in [0, 0.1) is 0 Å². The standard InChI is InChI=1S/C40H75NO5S/c1-3-5-7-9-11-13-15-17-19-20-21-22-23-25-27-29-31-33-35-39(42)38(37-47(44,45)46)41-40(43)36-34-32-30-28-26-24-18-16-14-12-10-8-6-4-2/h20-21,25,27,33,35,38-39,42H,3-19,22-24,26,28-32,34,36-37H2,1-2H3,(H,41,43)(H,44,45,46)/b21-20+,27-25+,35-33+. The van der Waals surface area contributed by atoms with E-state index < -0.39 is 28.0 Å². The van der Waals surface area contributed by atoms with E-state index >= 15 is 0 Å². The molecular formula is C40H75NO5S. The van der Waals surface area contributed by atoms with Gasteiger partial charge in [-0.3, -0.25) is 9.35 Å². The third-order valence-electron chi connectivity index (χ3n) is 8.80. The summed E-state index contributed by atoms with van der Waals surface area (Å²) in [5, 5.41) is 13.2. The number of aliphatic hydroxyl groups is 1. The van der Waals surface area contributed by atoms with Crippen molar-refractivity contribution in [3.05, 3.63) is 36.5 Å². The van der Waals surface area contributed by atoms with Crippen molar-refractivity contribution >= 4 is 16.0 Å². The number of allylic oxidation sites excluding steroid dienone is 5. The Morgan fingerprint density at radius 1 is 0.553 bits per heavy atom. The zero-order chi connectivity index (χ0) is 34.7. The van der Waals surface area contributed by atoms with Crippen LogP contribution in [0.2, 0.25) is 0 Å². The van der Waals surface area contributed by atoms with Crippen molar-refractivity contribution in [3.8, 4) is 0 Å². The Morgan fingerprint density at radius 2 is 0.915 bits per heavy atom. The van der Waals surface area contributed by atoms with Gasteiger partial charge in [-0.2, -0.15) is 8.42 Å². The van der Waals surface area contributed by atoms with E-state index in [0.29, 0.717) is 6.42 Å². The molecule has 0 saturated carbocycles. The zero-order valence-electron chi connectivity index (χ0n) is 30.7. The van der Waals surface area contributed by atoms with E-state index in [2.05, 4.69) is 43.5 Å². The minimum absolute atomic E-state index is 0.287. The highest BCUT2D eigenvalue weighted by atomic mass is 32.2. The molecule has 3 N–H and O–H groups in total. The van der Waals surface area contributed by atoms with Gasteiger partial charge in [-0.1, -0.05) is 179 Å². The van der Waals surface area contributed by atoms with E-state index in [1.54, 1.807) is 6.08 Å². The number of carbonyl (C=O) groups excluding carboxylic acids is 1. The lowest BCUT2D eigenvalue weighted by atomic mass is 10.0. The van der Waals surface area contributed by atoms with Crippen LogP contribution in [0.4, 0.5) is 0 Å². The first-order valence-corrected chi connectivity index (χ1v) is 21.3. The van der Waals surface area contributed by atoms with Crippen LogP contribution in [-0.2, 0) is 14.9 Å². The number of unbranched alkanes of at least 4 members (excludes halogenated alkanes) is 23. The molecule has 0 aliphatic carbocycles. The molecule has 2 unspecified atom stereocenters. The predicted molar refractivity (Wildman–Crippen MR) is 202 cm³/mol. The molecule has 0 radical (unpaired) electrons. The summed E-state index contributed by atoms with van der Waals surface area (Å²) in [5.74, 6) is -1.00. The number of hydrogen-bond donors (Lipinski definition) is 3. The third kappa shape index (κ3) is 35.7. The molecular weight excluding hydrogens is 607 g/mol. The molecule has 0 bridgehead atoms. The van der Waals surface area contributed by atoms with Gasteiger partial charge in [0.05, 0.1) is 17.9 Å². The minimum Gasteiger partial charge on any atom is -0.387 e. The second-order valence-corrected chi connectivity index (χ2v) is 15.0. The van der Waals surface area contributed by atoms with Gasteiger partial charge in [0, 0.05) is 6.42 Å². The second kappa shape index (κ2) is 34.4. The Balaban J connectivity index is 4.02. The summed E-state index contributed by atoms with van der Waals surface area (Å²) in [6, 6.07) is -1.08. The van der Waals surface area contributed by atoms with Crippen molar-refractivity contribution < 1.29 is 22.9 Å². The zero-order valence-corrected chi connectivity index (χ0v) is 31.5. The largest absolute Gasteiger partial charge is 0.387 e. The molecule has 0 aromatic carbocycles.